The Kier molecular flexibility index (Phi) is 2.38. The molecule has 0 saturated heterocycles. The highest BCUT2D eigenvalue weighted by atomic mass is 16.3. The predicted octanol–water partition coefficient (Wildman–Crippen LogP) is 0.261. The summed E-state index contributed by atoms with van der Waals surface area (Å²) in [5.41, 5.74) is 8.07. The highest BCUT2D eigenvalue weighted by Gasteiger charge is 2.06. The monoisotopic (exact) mass is 242 g/mol. The second-order valence-electron chi connectivity index (χ2n) is 3.76. The highest BCUT2D eigenvalue weighted by molar-refractivity contribution is 5.55. The number of fused-ring (bicyclic) bond motifs is 1. The van der Waals surface area contributed by atoms with Crippen molar-refractivity contribution in [3.63, 3.8) is 0 Å². The van der Waals surface area contributed by atoms with Gasteiger partial charge in [0.05, 0.1) is 30.9 Å². The quantitative estimate of drug-likeness (QED) is 0.668. The number of hydrogen-bond donors (Lipinski definition) is 2. The molecule has 0 aliphatic heterocycles. The van der Waals surface area contributed by atoms with Crippen LogP contribution in [0.4, 0.5) is 5.82 Å². The molecule has 18 heavy (non-hydrogen) atoms. The molecule has 0 aliphatic carbocycles. The van der Waals surface area contributed by atoms with E-state index in [1.54, 1.807) is 29.2 Å². The fourth-order valence-electron chi connectivity index (χ4n) is 1.66. The molecule has 3 rings (SSSR count). The largest absolute Gasteiger partial charge is 0.390 e. The molecule has 0 saturated carbocycles. The van der Waals surface area contributed by atoms with E-state index in [1.807, 2.05) is 0 Å². The Balaban J connectivity index is 2.12. The van der Waals surface area contributed by atoms with Crippen molar-refractivity contribution in [1.82, 2.24) is 24.3 Å². The number of aliphatic hydroxyl groups is 1. The first-order chi connectivity index (χ1) is 8.76. The summed E-state index contributed by atoms with van der Waals surface area (Å²) < 4.78 is 1.78. The average Bonchev–Trinajstić information content (AvgIpc) is 2.80. The Hall–Kier alpha value is -2.54. The van der Waals surface area contributed by atoms with Crippen molar-refractivity contribution < 1.29 is 5.11 Å². The summed E-state index contributed by atoms with van der Waals surface area (Å²) in [5, 5.41) is 9.03. The summed E-state index contributed by atoms with van der Waals surface area (Å²) in [4.78, 5) is 16.5. The van der Waals surface area contributed by atoms with Crippen molar-refractivity contribution in [3.05, 3.63) is 36.7 Å². The molecule has 0 atom stereocenters. The van der Waals surface area contributed by atoms with Crippen LogP contribution in [0, 0.1) is 0 Å². The lowest BCUT2D eigenvalue weighted by molar-refractivity contribution is 0.277. The fraction of sp³-hybridized carbons (Fsp3) is 0.0909. The zero-order chi connectivity index (χ0) is 12.5. The molecule has 0 spiro atoms. The highest BCUT2D eigenvalue weighted by Crippen LogP contribution is 2.15. The number of hydrogen-bond acceptors (Lipinski definition) is 6. The fourth-order valence-corrected chi connectivity index (χ4v) is 1.66. The lowest BCUT2D eigenvalue weighted by Crippen LogP contribution is -1.96. The van der Waals surface area contributed by atoms with Crippen LogP contribution in [0.3, 0.4) is 0 Å². The minimum Gasteiger partial charge on any atom is -0.390 e. The lowest BCUT2D eigenvalue weighted by Gasteiger charge is -2.01. The maximum atomic E-state index is 9.03. The van der Waals surface area contributed by atoms with Crippen LogP contribution >= 0.6 is 0 Å². The van der Waals surface area contributed by atoms with Crippen LogP contribution in [0.15, 0.2) is 31.0 Å². The number of rotatable bonds is 2. The van der Waals surface area contributed by atoms with Gasteiger partial charge in [-0.2, -0.15) is 0 Å². The number of nitrogen functional groups attached to an aromatic ring is 1. The smallest absolute Gasteiger partial charge is 0.155 e. The van der Waals surface area contributed by atoms with Gasteiger partial charge in [-0.3, -0.25) is 4.98 Å². The van der Waals surface area contributed by atoms with Crippen molar-refractivity contribution in [2.75, 3.05) is 5.73 Å². The van der Waals surface area contributed by atoms with Gasteiger partial charge in [-0.25, -0.2) is 15.0 Å². The molecule has 3 aromatic heterocycles. The number of anilines is 1. The third kappa shape index (κ3) is 1.76. The minimum absolute atomic E-state index is 0.102. The van der Waals surface area contributed by atoms with Gasteiger partial charge in [0.2, 0.25) is 0 Å². The van der Waals surface area contributed by atoms with Crippen molar-refractivity contribution in [2.24, 2.45) is 0 Å². The molecule has 7 nitrogen and oxygen atoms in total. The Morgan fingerprint density at radius 2 is 2.00 bits per heavy atom. The Morgan fingerprint density at radius 1 is 1.11 bits per heavy atom. The van der Waals surface area contributed by atoms with Gasteiger partial charge in [0.15, 0.2) is 5.65 Å². The Morgan fingerprint density at radius 3 is 2.78 bits per heavy atom. The van der Waals surface area contributed by atoms with Crippen molar-refractivity contribution in [1.29, 1.82) is 0 Å². The molecular formula is C11H10N6O. The van der Waals surface area contributed by atoms with Crippen LogP contribution in [-0.2, 0) is 6.61 Å². The van der Waals surface area contributed by atoms with Gasteiger partial charge in [0, 0.05) is 12.4 Å². The first-order valence-electron chi connectivity index (χ1n) is 5.28. The molecule has 3 heterocycles. The van der Waals surface area contributed by atoms with Crippen LogP contribution in [0.25, 0.3) is 17.0 Å². The molecule has 7 heteroatoms. The maximum absolute atomic E-state index is 9.03. The summed E-state index contributed by atoms with van der Waals surface area (Å²) in [6, 6.07) is 0. The molecule has 90 valence electrons. The maximum Gasteiger partial charge on any atom is 0.155 e. The third-order valence-corrected chi connectivity index (χ3v) is 2.47. The van der Waals surface area contributed by atoms with Crippen molar-refractivity contribution >= 4 is 11.5 Å². The lowest BCUT2D eigenvalue weighted by atomic mass is 10.3. The summed E-state index contributed by atoms with van der Waals surface area (Å²) in [5.74, 6) is 0.344. The van der Waals surface area contributed by atoms with E-state index in [-0.39, 0.29) is 6.61 Å². The van der Waals surface area contributed by atoms with Crippen LogP contribution in [-0.4, -0.2) is 29.4 Å². The molecule has 0 unspecified atom stereocenters. The summed E-state index contributed by atoms with van der Waals surface area (Å²) in [7, 11) is 0. The topological polar surface area (TPSA) is 102 Å². The average molecular weight is 242 g/mol. The molecule has 0 amide bonds. The molecular weight excluding hydrogens is 232 g/mol. The zero-order valence-corrected chi connectivity index (χ0v) is 9.35. The van der Waals surface area contributed by atoms with Gasteiger partial charge < -0.3 is 15.2 Å². The van der Waals surface area contributed by atoms with Gasteiger partial charge in [0.25, 0.3) is 0 Å². The molecule has 0 bridgehead atoms. The van der Waals surface area contributed by atoms with Crippen molar-refractivity contribution in [2.45, 2.75) is 6.61 Å². The Labute approximate surface area is 102 Å². The second-order valence-corrected chi connectivity index (χ2v) is 3.76. The van der Waals surface area contributed by atoms with E-state index in [0.29, 0.717) is 28.5 Å². The van der Waals surface area contributed by atoms with E-state index < -0.39 is 0 Å². The second kappa shape index (κ2) is 4.04. The number of nitrogens with two attached hydrogens (primary N) is 1. The van der Waals surface area contributed by atoms with Gasteiger partial charge >= 0.3 is 0 Å². The molecule has 0 radical (unpaired) electrons. The molecule has 0 aliphatic rings. The van der Waals surface area contributed by atoms with Crippen LogP contribution < -0.4 is 5.73 Å². The van der Waals surface area contributed by atoms with E-state index in [1.165, 1.54) is 6.20 Å². The number of nitrogens with zero attached hydrogens (tertiary/aromatic N) is 5. The molecule has 0 fully saturated rings. The number of aliphatic hydroxyl groups excluding tert-OH is 1. The summed E-state index contributed by atoms with van der Waals surface area (Å²) >= 11 is 0. The molecule has 0 aromatic carbocycles. The van der Waals surface area contributed by atoms with Crippen LogP contribution in [0.2, 0.25) is 0 Å². The first kappa shape index (κ1) is 10.6. The van der Waals surface area contributed by atoms with Crippen LogP contribution in [0.1, 0.15) is 5.69 Å². The normalized spacial score (nSPS) is 10.9. The zero-order valence-electron chi connectivity index (χ0n) is 9.35. The van der Waals surface area contributed by atoms with Crippen LogP contribution in [0.5, 0.6) is 0 Å². The third-order valence-electron chi connectivity index (χ3n) is 2.47. The number of imidazole rings is 1. The van der Waals surface area contributed by atoms with E-state index in [2.05, 4.69) is 19.9 Å². The first-order valence-corrected chi connectivity index (χ1v) is 5.28. The van der Waals surface area contributed by atoms with Gasteiger partial charge in [-0.05, 0) is 0 Å². The summed E-state index contributed by atoms with van der Waals surface area (Å²) in [6.45, 7) is -0.102. The molecule has 3 N–H and O–H groups in total. The Bertz CT molecular complexity index is 708. The van der Waals surface area contributed by atoms with E-state index in [4.69, 9.17) is 10.8 Å². The SMILES string of the molecule is Nc1cncc(-c2cn3cc(CO)nc3cn2)n1. The van der Waals surface area contributed by atoms with E-state index in [0.717, 1.165) is 0 Å². The standard InChI is InChI=1S/C11H10N6O/c12-10-2-13-1-8(16-10)9-5-17-4-7(6-18)15-11(17)3-14-9/h1-5,18H,6H2,(H2,12,16). The van der Waals surface area contributed by atoms with E-state index in [9.17, 15) is 0 Å². The minimum atomic E-state index is -0.102. The van der Waals surface area contributed by atoms with Gasteiger partial charge in [0.1, 0.15) is 17.2 Å². The summed E-state index contributed by atoms with van der Waals surface area (Å²) in [6.07, 6.45) is 8.18. The van der Waals surface area contributed by atoms with E-state index >= 15 is 0 Å². The molecule has 3 aromatic rings. The number of aromatic nitrogens is 5. The predicted molar refractivity (Wildman–Crippen MR) is 64.3 cm³/mol. The van der Waals surface area contributed by atoms with Gasteiger partial charge in [-0.15, -0.1) is 0 Å². The van der Waals surface area contributed by atoms with Gasteiger partial charge in [-0.1, -0.05) is 0 Å². The van der Waals surface area contributed by atoms with Crippen molar-refractivity contribution in [3.8, 4) is 11.4 Å².